The van der Waals surface area contributed by atoms with Crippen LogP contribution < -0.4 is 20.1 Å². The Kier molecular flexibility index (Phi) is 9.77. The summed E-state index contributed by atoms with van der Waals surface area (Å²) in [4.78, 5) is 4.49. The molecule has 9 heteroatoms. The predicted octanol–water partition coefficient (Wildman–Crippen LogP) is 2.18. The molecule has 0 saturated heterocycles. The summed E-state index contributed by atoms with van der Waals surface area (Å²) in [6.07, 6.45) is 0.828. The van der Waals surface area contributed by atoms with Gasteiger partial charge in [0.1, 0.15) is 5.75 Å². The predicted molar refractivity (Wildman–Crippen MR) is 123 cm³/mol. The lowest BCUT2D eigenvalue weighted by molar-refractivity contribution is 0.171. The SMILES string of the molecule is CN=C(NCc1ccc(S(=O)(=O)NC)cc1)NCc1ccc(C)cc1OCCCOC. The number of guanidine groups is 1. The van der Waals surface area contributed by atoms with Gasteiger partial charge in [0.25, 0.3) is 0 Å². The molecule has 0 aliphatic heterocycles. The first kappa shape index (κ1) is 24.6. The fourth-order valence-corrected chi connectivity index (χ4v) is 3.55. The van der Waals surface area contributed by atoms with E-state index in [1.54, 1.807) is 38.4 Å². The van der Waals surface area contributed by atoms with Gasteiger partial charge in [-0.25, -0.2) is 13.1 Å². The number of hydrogen-bond acceptors (Lipinski definition) is 5. The Balaban J connectivity index is 1.92. The molecule has 2 rings (SSSR count). The number of methoxy groups -OCH3 is 1. The van der Waals surface area contributed by atoms with E-state index in [2.05, 4.69) is 26.4 Å². The first-order valence-corrected chi connectivity index (χ1v) is 11.6. The minimum absolute atomic E-state index is 0.235. The summed E-state index contributed by atoms with van der Waals surface area (Å²) in [7, 11) is 1.34. The molecular weight excluding hydrogens is 416 g/mol. The Bertz CT molecular complexity index is 960. The molecule has 0 aliphatic carbocycles. The Hall–Kier alpha value is -2.62. The van der Waals surface area contributed by atoms with Gasteiger partial charge in [-0.3, -0.25) is 4.99 Å². The summed E-state index contributed by atoms with van der Waals surface area (Å²) >= 11 is 0. The van der Waals surface area contributed by atoms with Crippen LogP contribution in [0, 0.1) is 6.92 Å². The van der Waals surface area contributed by atoms with Crippen LogP contribution in [0.2, 0.25) is 0 Å². The van der Waals surface area contributed by atoms with Crippen molar-refractivity contribution in [2.24, 2.45) is 4.99 Å². The van der Waals surface area contributed by atoms with Crippen LogP contribution in [0.5, 0.6) is 5.75 Å². The average molecular weight is 449 g/mol. The molecule has 0 heterocycles. The van der Waals surface area contributed by atoms with E-state index >= 15 is 0 Å². The number of nitrogens with zero attached hydrogens (tertiary/aromatic N) is 1. The number of aliphatic imine (C=N–C) groups is 1. The lowest BCUT2D eigenvalue weighted by atomic mass is 10.1. The van der Waals surface area contributed by atoms with E-state index in [1.165, 1.54) is 7.05 Å². The van der Waals surface area contributed by atoms with Crippen molar-refractivity contribution in [3.05, 3.63) is 59.2 Å². The van der Waals surface area contributed by atoms with Crippen molar-refractivity contribution >= 4 is 16.0 Å². The van der Waals surface area contributed by atoms with Gasteiger partial charge in [-0.1, -0.05) is 24.3 Å². The van der Waals surface area contributed by atoms with E-state index in [0.29, 0.717) is 32.3 Å². The number of hydrogen-bond donors (Lipinski definition) is 3. The number of rotatable bonds is 11. The molecule has 0 atom stereocenters. The minimum atomic E-state index is -3.43. The van der Waals surface area contributed by atoms with Gasteiger partial charge in [0.2, 0.25) is 10.0 Å². The van der Waals surface area contributed by atoms with Gasteiger partial charge in [-0.2, -0.15) is 0 Å². The Labute approximate surface area is 185 Å². The van der Waals surface area contributed by atoms with Crippen molar-refractivity contribution in [1.29, 1.82) is 0 Å². The van der Waals surface area contributed by atoms with Crippen LogP contribution in [-0.4, -0.2) is 48.8 Å². The highest BCUT2D eigenvalue weighted by molar-refractivity contribution is 7.89. The highest BCUT2D eigenvalue weighted by Gasteiger charge is 2.10. The van der Waals surface area contributed by atoms with Crippen molar-refractivity contribution in [2.45, 2.75) is 31.3 Å². The molecule has 0 fully saturated rings. The van der Waals surface area contributed by atoms with E-state index in [-0.39, 0.29) is 4.90 Å². The fourth-order valence-electron chi connectivity index (χ4n) is 2.82. The highest BCUT2D eigenvalue weighted by Crippen LogP contribution is 2.20. The van der Waals surface area contributed by atoms with Gasteiger partial charge < -0.3 is 20.1 Å². The third-order valence-corrected chi connectivity index (χ3v) is 6.04. The molecule has 0 amide bonds. The molecule has 31 heavy (non-hydrogen) atoms. The van der Waals surface area contributed by atoms with E-state index in [1.807, 2.05) is 19.1 Å². The summed E-state index contributed by atoms with van der Waals surface area (Å²) in [5.41, 5.74) is 3.11. The zero-order valence-corrected chi connectivity index (χ0v) is 19.4. The maximum absolute atomic E-state index is 11.8. The van der Waals surface area contributed by atoms with E-state index in [0.717, 1.165) is 28.9 Å². The Morgan fingerprint density at radius 1 is 1.03 bits per heavy atom. The van der Waals surface area contributed by atoms with E-state index in [9.17, 15) is 8.42 Å². The van der Waals surface area contributed by atoms with Crippen LogP contribution in [0.15, 0.2) is 52.4 Å². The molecule has 0 aliphatic rings. The number of benzene rings is 2. The van der Waals surface area contributed by atoms with Crippen LogP contribution >= 0.6 is 0 Å². The molecule has 0 unspecified atom stereocenters. The first-order valence-electron chi connectivity index (χ1n) is 10.1. The third kappa shape index (κ3) is 7.86. The van der Waals surface area contributed by atoms with Crippen LogP contribution in [0.1, 0.15) is 23.1 Å². The summed E-state index contributed by atoms with van der Waals surface area (Å²) in [6.45, 7) is 4.36. The van der Waals surface area contributed by atoms with Crippen LogP contribution in [0.4, 0.5) is 0 Å². The van der Waals surface area contributed by atoms with Gasteiger partial charge in [-0.05, 0) is 43.3 Å². The summed E-state index contributed by atoms with van der Waals surface area (Å²) < 4.78 is 36.9. The second-order valence-corrected chi connectivity index (χ2v) is 8.82. The molecule has 3 N–H and O–H groups in total. The van der Waals surface area contributed by atoms with Gasteiger partial charge in [0.05, 0.1) is 11.5 Å². The lowest BCUT2D eigenvalue weighted by Gasteiger charge is -2.16. The van der Waals surface area contributed by atoms with Crippen LogP contribution in [0.3, 0.4) is 0 Å². The topological polar surface area (TPSA) is 101 Å². The standard InChI is InChI=1S/C22H32N4O4S/c1-17-6-9-19(21(14-17)30-13-5-12-29-4)16-26-22(23-2)25-15-18-7-10-20(11-8-18)31(27,28)24-3/h6-11,14,24H,5,12-13,15-16H2,1-4H3,(H2,23,25,26). The largest absolute Gasteiger partial charge is 0.493 e. The normalized spacial score (nSPS) is 11.9. The van der Waals surface area contributed by atoms with Crippen molar-refractivity contribution in [1.82, 2.24) is 15.4 Å². The highest BCUT2D eigenvalue weighted by atomic mass is 32.2. The van der Waals surface area contributed by atoms with E-state index < -0.39 is 10.0 Å². The van der Waals surface area contributed by atoms with Crippen LogP contribution in [0.25, 0.3) is 0 Å². The number of sulfonamides is 1. The number of ether oxygens (including phenoxy) is 2. The molecular formula is C22H32N4O4S. The molecule has 0 bridgehead atoms. The zero-order chi connectivity index (χ0) is 22.7. The van der Waals surface area contributed by atoms with Gasteiger partial charge in [0.15, 0.2) is 5.96 Å². The zero-order valence-electron chi connectivity index (χ0n) is 18.6. The fraction of sp³-hybridized carbons (Fsp3) is 0.409. The summed E-state index contributed by atoms with van der Waals surface area (Å²) in [6, 6.07) is 12.8. The van der Waals surface area contributed by atoms with Crippen LogP contribution in [-0.2, 0) is 27.8 Å². The van der Waals surface area contributed by atoms with Gasteiger partial charge >= 0.3 is 0 Å². The minimum Gasteiger partial charge on any atom is -0.493 e. The summed E-state index contributed by atoms with van der Waals surface area (Å²) in [5.74, 6) is 1.48. The van der Waals surface area contributed by atoms with Crippen molar-refractivity contribution in [2.75, 3.05) is 34.4 Å². The smallest absolute Gasteiger partial charge is 0.240 e. The first-order chi connectivity index (χ1) is 14.9. The number of aryl methyl sites for hydroxylation is 1. The quantitative estimate of drug-likeness (QED) is 0.277. The Morgan fingerprint density at radius 2 is 1.74 bits per heavy atom. The Morgan fingerprint density at radius 3 is 2.39 bits per heavy atom. The molecule has 8 nitrogen and oxygen atoms in total. The second kappa shape index (κ2) is 12.3. The molecule has 2 aromatic rings. The number of nitrogens with one attached hydrogen (secondary N) is 3. The van der Waals surface area contributed by atoms with Crippen molar-refractivity contribution < 1.29 is 17.9 Å². The van der Waals surface area contributed by atoms with Gasteiger partial charge in [-0.15, -0.1) is 0 Å². The van der Waals surface area contributed by atoms with E-state index in [4.69, 9.17) is 9.47 Å². The molecule has 0 saturated carbocycles. The molecule has 2 aromatic carbocycles. The molecule has 0 radical (unpaired) electrons. The summed E-state index contributed by atoms with van der Waals surface area (Å²) in [5, 5.41) is 6.53. The maximum atomic E-state index is 11.8. The van der Waals surface area contributed by atoms with Crippen molar-refractivity contribution in [3.63, 3.8) is 0 Å². The lowest BCUT2D eigenvalue weighted by Crippen LogP contribution is -2.36. The monoisotopic (exact) mass is 448 g/mol. The molecule has 170 valence electrons. The maximum Gasteiger partial charge on any atom is 0.240 e. The second-order valence-electron chi connectivity index (χ2n) is 6.94. The van der Waals surface area contributed by atoms with Crippen molar-refractivity contribution in [3.8, 4) is 5.75 Å². The van der Waals surface area contributed by atoms with Gasteiger partial charge in [0, 0.05) is 45.8 Å². The average Bonchev–Trinajstić information content (AvgIpc) is 2.78. The molecule has 0 aromatic heterocycles. The molecule has 0 spiro atoms. The third-order valence-electron chi connectivity index (χ3n) is 4.61.